The van der Waals surface area contributed by atoms with Gasteiger partial charge in [-0.3, -0.25) is 4.79 Å². The van der Waals surface area contributed by atoms with Crippen molar-refractivity contribution in [1.82, 2.24) is 4.57 Å². The number of hydrogen-bond acceptors (Lipinski definition) is 1. The predicted molar refractivity (Wildman–Crippen MR) is 62.2 cm³/mol. The highest BCUT2D eigenvalue weighted by molar-refractivity contribution is 5.62. The van der Waals surface area contributed by atoms with Crippen molar-refractivity contribution in [2.75, 3.05) is 0 Å². The van der Waals surface area contributed by atoms with Crippen LogP contribution < -0.4 is 5.56 Å². The van der Waals surface area contributed by atoms with E-state index >= 15 is 0 Å². The maximum absolute atomic E-state index is 12.2. The van der Waals surface area contributed by atoms with E-state index in [1.54, 1.807) is 24.3 Å². The third-order valence-corrected chi connectivity index (χ3v) is 2.45. The Morgan fingerprint density at radius 1 is 1.00 bits per heavy atom. The standard InChI is InChI=1S/C13H10F3NO/c14-13(15,16)9-17-7-6-11(8-12(17)18)10-4-2-1-3-5-10/h1-8H,9H2. The average Bonchev–Trinajstić information content (AvgIpc) is 2.31. The molecule has 0 atom stereocenters. The Morgan fingerprint density at radius 2 is 1.67 bits per heavy atom. The summed E-state index contributed by atoms with van der Waals surface area (Å²) in [5.41, 5.74) is 0.751. The van der Waals surface area contributed by atoms with Crippen molar-refractivity contribution >= 4 is 0 Å². The van der Waals surface area contributed by atoms with Gasteiger partial charge in [0, 0.05) is 12.3 Å². The molecular weight excluding hydrogens is 243 g/mol. The normalized spacial score (nSPS) is 11.5. The molecule has 5 heteroatoms. The molecule has 0 N–H and O–H groups in total. The average molecular weight is 253 g/mol. The quantitative estimate of drug-likeness (QED) is 0.806. The van der Waals surface area contributed by atoms with E-state index in [0.717, 1.165) is 11.8 Å². The number of hydrogen-bond donors (Lipinski definition) is 0. The van der Waals surface area contributed by atoms with Gasteiger partial charge in [0.2, 0.25) is 0 Å². The summed E-state index contributed by atoms with van der Waals surface area (Å²) < 4.78 is 37.2. The summed E-state index contributed by atoms with van der Waals surface area (Å²) in [7, 11) is 0. The van der Waals surface area contributed by atoms with Gasteiger partial charge in [-0.25, -0.2) is 0 Å². The van der Waals surface area contributed by atoms with E-state index in [4.69, 9.17) is 0 Å². The van der Waals surface area contributed by atoms with E-state index in [-0.39, 0.29) is 0 Å². The number of pyridine rings is 1. The molecule has 0 aliphatic carbocycles. The topological polar surface area (TPSA) is 22.0 Å². The van der Waals surface area contributed by atoms with Gasteiger partial charge in [0.05, 0.1) is 0 Å². The lowest BCUT2D eigenvalue weighted by molar-refractivity contribution is -0.141. The minimum Gasteiger partial charge on any atom is -0.306 e. The first kappa shape index (κ1) is 12.4. The fourth-order valence-corrected chi connectivity index (χ4v) is 1.64. The number of aromatic nitrogens is 1. The van der Waals surface area contributed by atoms with E-state index in [1.165, 1.54) is 12.1 Å². The molecule has 2 nitrogen and oxygen atoms in total. The molecule has 1 aromatic carbocycles. The van der Waals surface area contributed by atoms with Crippen molar-refractivity contribution in [3.8, 4) is 11.1 Å². The van der Waals surface area contributed by atoms with E-state index in [0.29, 0.717) is 10.1 Å². The third kappa shape index (κ3) is 3.00. The summed E-state index contributed by atoms with van der Waals surface area (Å²) in [5.74, 6) is 0. The first-order valence-corrected chi connectivity index (χ1v) is 5.28. The maximum Gasteiger partial charge on any atom is 0.406 e. The fourth-order valence-electron chi connectivity index (χ4n) is 1.64. The predicted octanol–water partition coefficient (Wildman–Crippen LogP) is 3.08. The second-order valence-electron chi connectivity index (χ2n) is 3.86. The van der Waals surface area contributed by atoms with Crippen LogP contribution in [0.3, 0.4) is 0 Å². The van der Waals surface area contributed by atoms with Gasteiger partial charge in [-0.2, -0.15) is 13.2 Å². The summed E-state index contributed by atoms with van der Waals surface area (Å²) in [6.07, 6.45) is -3.23. The molecular formula is C13H10F3NO. The van der Waals surface area contributed by atoms with Crippen molar-refractivity contribution in [1.29, 1.82) is 0 Å². The second-order valence-corrected chi connectivity index (χ2v) is 3.86. The maximum atomic E-state index is 12.2. The van der Waals surface area contributed by atoms with Crippen LogP contribution in [0.15, 0.2) is 53.5 Å². The van der Waals surface area contributed by atoms with Crippen LogP contribution >= 0.6 is 0 Å². The highest BCUT2D eigenvalue weighted by atomic mass is 19.4. The molecule has 2 rings (SSSR count). The van der Waals surface area contributed by atoms with Crippen molar-refractivity contribution in [2.45, 2.75) is 12.7 Å². The van der Waals surface area contributed by atoms with Gasteiger partial charge in [0.1, 0.15) is 6.54 Å². The van der Waals surface area contributed by atoms with Gasteiger partial charge in [-0.05, 0) is 17.2 Å². The number of halogens is 3. The second kappa shape index (κ2) is 4.68. The minimum atomic E-state index is -4.39. The summed E-state index contributed by atoms with van der Waals surface area (Å²) in [6.45, 7) is -1.26. The number of benzene rings is 1. The van der Waals surface area contributed by atoms with Gasteiger partial charge < -0.3 is 4.57 Å². The monoisotopic (exact) mass is 253 g/mol. The molecule has 0 unspecified atom stereocenters. The van der Waals surface area contributed by atoms with Crippen LogP contribution in [0.4, 0.5) is 13.2 Å². The van der Waals surface area contributed by atoms with E-state index < -0.39 is 18.3 Å². The Morgan fingerprint density at radius 3 is 2.22 bits per heavy atom. The van der Waals surface area contributed by atoms with Gasteiger partial charge in [0.15, 0.2) is 0 Å². The zero-order chi connectivity index (χ0) is 13.2. The van der Waals surface area contributed by atoms with Gasteiger partial charge in [-0.1, -0.05) is 30.3 Å². The zero-order valence-corrected chi connectivity index (χ0v) is 9.32. The molecule has 0 fully saturated rings. The van der Waals surface area contributed by atoms with Gasteiger partial charge >= 0.3 is 6.18 Å². The first-order chi connectivity index (χ1) is 8.46. The summed E-state index contributed by atoms with van der Waals surface area (Å²) in [4.78, 5) is 11.6. The zero-order valence-electron chi connectivity index (χ0n) is 9.32. The highest BCUT2D eigenvalue weighted by Crippen LogP contribution is 2.19. The van der Waals surface area contributed by atoms with E-state index in [2.05, 4.69) is 0 Å². The largest absolute Gasteiger partial charge is 0.406 e. The Labute approximate surface area is 101 Å². The van der Waals surface area contributed by atoms with Gasteiger partial charge in [-0.15, -0.1) is 0 Å². The summed E-state index contributed by atoms with van der Waals surface area (Å²) in [6, 6.07) is 11.7. The molecule has 0 bridgehead atoms. The van der Waals surface area contributed by atoms with Crippen LogP contribution in [-0.4, -0.2) is 10.7 Å². The lowest BCUT2D eigenvalue weighted by atomic mass is 10.1. The molecule has 2 aromatic rings. The molecule has 0 saturated heterocycles. The van der Waals surface area contributed by atoms with Crippen LogP contribution in [0, 0.1) is 0 Å². The lowest BCUT2D eigenvalue weighted by Gasteiger charge is -2.09. The van der Waals surface area contributed by atoms with Crippen molar-refractivity contribution < 1.29 is 13.2 Å². The van der Waals surface area contributed by atoms with Crippen molar-refractivity contribution in [3.05, 3.63) is 59.0 Å². The fraction of sp³-hybridized carbons (Fsp3) is 0.154. The smallest absolute Gasteiger partial charge is 0.306 e. The minimum absolute atomic E-state index is 0.610. The Kier molecular flexibility index (Phi) is 3.23. The molecule has 0 saturated carbocycles. The Bertz CT molecular complexity index is 587. The molecule has 0 aliphatic rings. The number of rotatable bonds is 2. The van der Waals surface area contributed by atoms with Crippen molar-refractivity contribution in [2.24, 2.45) is 0 Å². The van der Waals surface area contributed by atoms with Crippen molar-refractivity contribution in [3.63, 3.8) is 0 Å². The van der Waals surface area contributed by atoms with E-state index in [1.807, 2.05) is 6.07 Å². The Balaban J connectivity index is 2.34. The summed E-state index contributed by atoms with van der Waals surface area (Å²) >= 11 is 0. The van der Waals surface area contributed by atoms with Crippen LogP contribution in [0.1, 0.15) is 0 Å². The molecule has 94 valence electrons. The van der Waals surface area contributed by atoms with Crippen LogP contribution in [0.5, 0.6) is 0 Å². The van der Waals surface area contributed by atoms with Crippen LogP contribution in [-0.2, 0) is 6.54 Å². The lowest BCUT2D eigenvalue weighted by Crippen LogP contribution is -2.27. The van der Waals surface area contributed by atoms with Crippen LogP contribution in [0.2, 0.25) is 0 Å². The number of alkyl halides is 3. The van der Waals surface area contributed by atoms with Crippen LogP contribution in [0.25, 0.3) is 11.1 Å². The molecule has 0 amide bonds. The molecule has 1 heterocycles. The highest BCUT2D eigenvalue weighted by Gasteiger charge is 2.28. The molecule has 0 aliphatic heterocycles. The third-order valence-electron chi connectivity index (χ3n) is 2.45. The van der Waals surface area contributed by atoms with Gasteiger partial charge in [0.25, 0.3) is 5.56 Å². The first-order valence-electron chi connectivity index (χ1n) is 5.28. The summed E-state index contributed by atoms with van der Waals surface area (Å²) in [5, 5.41) is 0. The molecule has 18 heavy (non-hydrogen) atoms. The molecule has 1 aromatic heterocycles. The number of nitrogens with zero attached hydrogens (tertiary/aromatic N) is 1. The molecule has 0 radical (unpaired) electrons. The Hall–Kier alpha value is -2.04. The molecule has 0 spiro atoms. The van der Waals surface area contributed by atoms with E-state index in [9.17, 15) is 18.0 Å². The SMILES string of the molecule is O=c1cc(-c2ccccc2)ccn1CC(F)(F)F.